The highest BCUT2D eigenvalue weighted by atomic mass is 15.4. The van der Waals surface area contributed by atoms with E-state index in [1.807, 2.05) is 12.1 Å². The summed E-state index contributed by atoms with van der Waals surface area (Å²) in [6.45, 7) is 3.44. The molecule has 0 bridgehead atoms. The van der Waals surface area contributed by atoms with E-state index < -0.39 is 0 Å². The van der Waals surface area contributed by atoms with Crippen LogP contribution in [-0.2, 0) is 0 Å². The van der Waals surface area contributed by atoms with E-state index in [0.717, 1.165) is 37.9 Å². The molecule has 3 rings (SSSR count). The second kappa shape index (κ2) is 5.66. The molecule has 2 aromatic rings. The van der Waals surface area contributed by atoms with Gasteiger partial charge in [0.1, 0.15) is 5.82 Å². The summed E-state index contributed by atoms with van der Waals surface area (Å²) in [6.07, 6.45) is 5.22. The van der Waals surface area contributed by atoms with Crippen molar-refractivity contribution in [3.05, 3.63) is 30.7 Å². The zero-order valence-electron chi connectivity index (χ0n) is 11.0. The molecule has 0 unspecified atom stereocenters. The van der Waals surface area contributed by atoms with Crippen LogP contribution in [0.4, 0.5) is 17.7 Å². The highest BCUT2D eigenvalue weighted by Crippen LogP contribution is 2.16. The summed E-state index contributed by atoms with van der Waals surface area (Å²) in [4.78, 5) is 21.3. The third-order valence-corrected chi connectivity index (χ3v) is 3.21. The van der Waals surface area contributed by atoms with Crippen LogP contribution in [0.5, 0.6) is 0 Å². The lowest BCUT2D eigenvalue weighted by Crippen LogP contribution is -2.47. The summed E-state index contributed by atoms with van der Waals surface area (Å²) < 4.78 is 0. The number of hydrazine groups is 1. The summed E-state index contributed by atoms with van der Waals surface area (Å²) in [5.74, 6) is 7.41. The van der Waals surface area contributed by atoms with Gasteiger partial charge in [0.05, 0.1) is 0 Å². The van der Waals surface area contributed by atoms with Crippen LogP contribution in [0.15, 0.2) is 30.7 Å². The van der Waals surface area contributed by atoms with Gasteiger partial charge in [0.2, 0.25) is 11.9 Å². The van der Waals surface area contributed by atoms with Crippen molar-refractivity contribution in [1.29, 1.82) is 0 Å². The second-order valence-electron chi connectivity index (χ2n) is 4.41. The van der Waals surface area contributed by atoms with Crippen molar-refractivity contribution < 1.29 is 0 Å². The lowest BCUT2D eigenvalue weighted by molar-refractivity contribution is 0.634. The van der Waals surface area contributed by atoms with Gasteiger partial charge < -0.3 is 9.80 Å². The maximum Gasteiger partial charge on any atom is 0.239 e. The van der Waals surface area contributed by atoms with Crippen LogP contribution in [0, 0.1) is 0 Å². The first-order valence-electron chi connectivity index (χ1n) is 6.43. The van der Waals surface area contributed by atoms with Crippen molar-refractivity contribution in [2.24, 2.45) is 5.84 Å². The normalized spacial score (nSPS) is 15.2. The maximum atomic E-state index is 5.33. The van der Waals surface area contributed by atoms with Gasteiger partial charge in [-0.3, -0.25) is 5.43 Å². The van der Waals surface area contributed by atoms with Gasteiger partial charge in [0, 0.05) is 44.8 Å². The summed E-state index contributed by atoms with van der Waals surface area (Å²) in [7, 11) is 0. The van der Waals surface area contributed by atoms with Gasteiger partial charge in [-0.1, -0.05) is 0 Å². The first-order valence-corrected chi connectivity index (χ1v) is 6.43. The van der Waals surface area contributed by atoms with Gasteiger partial charge >= 0.3 is 0 Å². The average molecular weight is 272 g/mol. The van der Waals surface area contributed by atoms with E-state index in [1.54, 1.807) is 18.6 Å². The Hall–Kier alpha value is -2.48. The molecule has 1 fully saturated rings. The van der Waals surface area contributed by atoms with Crippen LogP contribution >= 0.6 is 0 Å². The molecule has 0 radical (unpaired) electrons. The number of aromatic nitrogens is 4. The fourth-order valence-electron chi connectivity index (χ4n) is 2.18. The summed E-state index contributed by atoms with van der Waals surface area (Å²) >= 11 is 0. The standard InChI is InChI=1S/C12H16N8/c13-18-11-14-5-2-10(17-11)19-6-8-20(9-7-19)12-15-3-1-4-16-12/h1-5H,6-9,13H2,(H,14,17,18). The Balaban J connectivity index is 1.66. The average Bonchev–Trinajstić information content (AvgIpc) is 2.56. The van der Waals surface area contributed by atoms with Crippen LogP contribution in [0.25, 0.3) is 0 Å². The Morgan fingerprint density at radius 2 is 1.65 bits per heavy atom. The summed E-state index contributed by atoms with van der Waals surface area (Å²) in [5.41, 5.74) is 2.46. The van der Waals surface area contributed by atoms with Crippen molar-refractivity contribution in [1.82, 2.24) is 19.9 Å². The number of nitrogens with two attached hydrogens (primary N) is 1. The molecule has 8 nitrogen and oxygen atoms in total. The van der Waals surface area contributed by atoms with Crippen LogP contribution in [0.1, 0.15) is 0 Å². The van der Waals surface area contributed by atoms with E-state index in [2.05, 4.69) is 35.2 Å². The molecule has 3 N–H and O–H groups in total. The minimum absolute atomic E-state index is 0.427. The fraction of sp³-hybridized carbons (Fsp3) is 0.333. The third kappa shape index (κ3) is 2.59. The van der Waals surface area contributed by atoms with Crippen molar-refractivity contribution in [2.75, 3.05) is 41.4 Å². The number of nitrogens with zero attached hydrogens (tertiary/aromatic N) is 6. The summed E-state index contributed by atoms with van der Waals surface area (Å²) in [6, 6.07) is 3.71. The van der Waals surface area contributed by atoms with Crippen molar-refractivity contribution in [3.8, 4) is 0 Å². The molecular weight excluding hydrogens is 256 g/mol. The Morgan fingerprint density at radius 1 is 0.950 bits per heavy atom. The van der Waals surface area contributed by atoms with Crippen LogP contribution in [-0.4, -0.2) is 46.1 Å². The van der Waals surface area contributed by atoms with Gasteiger partial charge in [-0.2, -0.15) is 4.98 Å². The van der Waals surface area contributed by atoms with Crippen LogP contribution in [0.2, 0.25) is 0 Å². The third-order valence-electron chi connectivity index (χ3n) is 3.21. The minimum Gasteiger partial charge on any atom is -0.353 e. The Morgan fingerprint density at radius 3 is 2.35 bits per heavy atom. The monoisotopic (exact) mass is 272 g/mol. The SMILES string of the molecule is NNc1nccc(N2CCN(c3ncccn3)CC2)n1. The molecule has 1 aliphatic heterocycles. The number of piperazine rings is 1. The molecule has 2 aromatic heterocycles. The smallest absolute Gasteiger partial charge is 0.239 e. The topological polar surface area (TPSA) is 96.1 Å². The lowest BCUT2D eigenvalue weighted by atomic mass is 10.3. The molecule has 3 heterocycles. The van der Waals surface area contributed by atoms with Gasteiger partial charge in [-0.05, 0) is 12.1 Å². The van der Waals surface area contributed by atoms with E-state index in [4.69, 9.17) is 5.84 Å². The number of nitrogen functional groups attached to an aromatic ring is 1. The number of hydrogen-bond donors (Lipinski definition) is 2. The fourth-order valence-corrected chi connectivity index (χ4v) is 2.18. The predicted molar refractivity (Wildman–Crippen MR) is 76.3 cm³/mol. The van der Waals surface area contributed by atoms with E-state index >= 15 is 0 Å². The van der Waals surface area contributed by atoms with Gasteiger partial charge in [-0.25, -0.2) is 20.8 Å². The molecule has 0 amide bonds. The molecule has 0 saturated carbocycles. The Labute approximate surface area is 116 Å². The molecule has 1 saturated heterocycles. The van der Waals surface area contributed by atoms with E-state index in [-0.39, 0.29) is 0 Å². The first kappa shape index (κ1) is 12.5. The van der Waals surface area contributed by atoms with Gasteiger partial charge in [0.25, 0.3) is 0 Å². The molecule has 104 valence electrons. The Bertz CT molecular complexity index is 552. The maximum absolute atomic E-state index is 5.33. The predicted octanol–water partition coefficient (Wildman–Crippen LogP) is -0.121. The highest BCUT2D eigenvalue weighted by molar-refractivity contribution is 5.44. The molecule has 0 spiro atoms. The molecule has 0 aliphatic carbocycles. The van der Waals surface area contributed by atoms with Crippen LogP contribution in [0.3, 0.4) is 0 Å². The zero-order chi connectivity index (χ0) is 13.8. The van der Waals surface area contributed by atoms with Gasteiger partial charge in [0.15, 0.2) is 0 Å². The molecule has 20 heavy (non-hydrogen) atoms. The van der Waals surface area contributed by atoms with E-state index in [9.17, 15) is 0 Å². The van der Waals surface area contributed by atoms with Crippen LogP contribution < -0.4 is 21.1 Å². The molecule has 0 atom stereocenters. The molecule has 8 heteroatoms. The number of anilines is 3. The van der Waals surface area contributed by atoms with E-state index in [1.165, 1.54) is 0 Å². The number of rotatable bonds is 3. The van der Waals surface area contributed by atoms with Crippen molar-refractivity contribution >= 4 is 17.7 Å². The first-order chi connectivity index (χ1) is 9.86. The molecule has 0 aromatic carbocycles. The lowest BCUT2D eigenvalue weighted by Gasteiger charge is -2.35. The molecular formula is C12H16N8. The molecule has 1 aliphatic rings. The highest BCUT2D eigenvalue weighted by Gasteiger charge is 2.19. The largest absolute Gasteiger partial charge is 0.353 e. The summed E-state index contributed by atoms with van der Waals surface area (Å²) in [5, 5.41) is 0. The quantitative estimate of drug-likeness (QED) is 0.589. The van der Waals surface area contributed by atoms with Crippen molar-refractivity contribution in [2.45, 2.75) is 0 Å². The zero-order valence-corrected chi connectivity index (χ0v) is 11.0. The second-order valence-corrected chi connectivity index (χ2v) is 4.41. The van der Waals surface area contributed by atoms with E-state index in [0.29, 0.717) is 5.95 Å². The Kier molecular flexibility index (Phi) is 3.55. The minimum atomic E-state index is 0.427. The number of hydrogen-bond acceptors (Lipinski definition) is 8. The number of nitrogens with one attached hydrogen (secondary N) is 1. The van der Waals surface area contributed by atoms with Gasteiger partial charge in [-0.15, -0.1) is 0 Å². The van der Waals surface area contributed by atoms with Crippen molar-refractivity contribution in [3.63, 3.8) is 0 Å².